The van der Waals surface area contributed by atoms with Gasteiger partial charge in [0, 0.05) is 4.88 Å². The van der Waals surface area contributed by atoms with E-state index in [-0.39, 0.29) is 11.7 Å². The molecule has 0 radical (unpaired) electrons. The molecule has 4 rings (SSSR count). The van der Waals surface area contributed by atoms with Crippen LogP contribution in [0.25, 0.3) is 5.69 Å². The summed E-state index contributed by atoms with van der Waals surface area (Å²) in [6.07, 6.45) is 4.24. The first-order valence-corrected chi connectivity index (χ1v) is 11.5. The zero-order valence-corrected chi connectivity index (χ0v) is 18.2. The van der Waals surface area contributed by atoms with Crippen LogP contribution < -0.4 is 0 Å². The third kappa shape index (κ3) is 4.83. The largest absolute Gasteiger partial charge is 0.467 e. The van der Waals surface area contributed by atoms with Crippen LogP contribution in [-0.4, -0.2) is 31.3 Å². The molecule has 6 nitrogen and oxygen atoms in total. The molecule has 0 atom stereocenters. The lowest BCUT2D eigenvalue weighted by molar-refractivity contribution is -0.129. The smallest absolute Gasteiger partial charge is 0.233 e. The first kappa shape index (κ1) is 20.4. The lowest BCUT2D eigenvalue weighted by Crippen LogP contribution is -2.31. The van der Waals surface area contributed by atoms with Crippen molar-refractivity contribution in [3.8, 4) is 5.69 Å². The van der Waals surface area contributed by atoms with Crippen molar-refractivity contribution < 1.29 is 9.21 Å². The Morgan fingerprint density at radius 3 is 2.83 bits per heavy atom. The Bertz CT molecular complexity index is 1040. The summed E-state index contributed by atoms with van der Waals surface area (Å²) in [5.74, 6) is 1.08. The molecule has 0 N–H and O–H groups in total. The Morgan fingerprint density at radius 2 is 2.07 bits per heavy atom. The van der Waals surface area contributed by atoms with Crippen LogP contribution in [-0.2, 0) is 24.3 Å². The average Bonchev–Trinajstić information content (AvgIpc) is 3.54. The molecule has 1 amide bonds. The van der Waals surface area contributed by atoms with Crippen LogP contribution in [0, 0.1) is 0 Å². The van der Waals surface area contributed by atoms with Gasteiger partial charge in [-0.05, 0) is 41.6 Å². The molecule has 0 saturated heterocycles. The summed E-state index contributed by atoms with van der Waals surface area (Å²) >= 11 is 3.04. The van der Waals surface area contributed by atoms with Gasteiger partial charge >= 0.3 is 0 Å². The fourth-order valence-electron chi connectivity index (χ4n) is 3.16. The van der Waals surface area contributed by atoms with Gasteiger partial charge in [0.05, 0.1) is 30.8 Å². The van der Waals surface area contributed by atoms with Gasteiger partial charge in [-0.1, -0.05) is 43.0 Å². The van der Waals surface area contributed by atoms with Gasteiger partial charge in [0.1, 0.15) is 12.1 Å². The molecule has 8 heteroatoms. The van der Waals surface area contributed by atoms with E-state index in [4.69, 9.17) is 4.42 Å². The van der Waals surface area contributed by atoms with Crippen LogP contribution in [0.5, 0.6) is 0 Å². The fourth-order valence-corrected chi connectivity index (χ4v) is 4.71. The lowest BCUT2D eigenvalue weighted by Gasteiger charge is -2.21. The fraction of sp³-hybridized carbons (Fsp3) is 0.227. The maximum atomic E-state index is 13.1. The van der Waals surface area contributed by atoms with E-state index in [1.54, 1.807) is 23.9 Å². The second-order valence-electron chi connectivity index (χ2n) is 6.66. The van der Waals surface area contributed by atoms with E-state index in [1.807, 2.05) is 57.3 Å². The monoisotopic (exact) mass is 438 g/mol. The number of carbonyl (C=O) groups excluding carboxylic acids is 1. The Morgan fingerprint density at radius 1 is 1.17 bits per heavy atom. The van der Waals surface area contributed by atoms with Gasteiger partial charge in [-0.15, -0.1) is 21.5 Å². The summed E-state index contributed by atoms with van der Waals surface area (Å²) in [6.45, 7) is 3.12. The first-order chi connectivity index (χ1) is 14.7. The van der Waals surface area contributed by atoms with Gasteiger partial charge in [-0.25, -0.2) is 0 Å². The van der Waals surface area contributed by atoms with Gasteiger partial charge in [0.2, 0.25) is 5.91 Å². The molecule has 0 aliphatic rings. The molecular formula is C22H22N4O2S2. The summed E-state index contributed by atoms with van der Waals surface area (Å²) in [4.78, 5) is 16.0. The maximum absolute atomic E-state index is 13.1. The summed E-state index contributed by atoms with van der Waals surface area (Å²) in [5, 5.41) is 11.0. The molecule has 0 aliphatic heterocycles. The van der Waals surface area contributed by atoms with Crippen LogP contribution in [0.1, 0.15) is 23.1 Å². The third-order valence-electron chi connectivity index (χ3n) is 4.68. The molecule has 0 unspecified atom stereocenters. The van der Waals surface area contributed by atoms with Crippen molar-refractivity contribution in [2.45, 2.75) is 31.6 Å². The van der Waals surface area contributed by atoms with Crippen molar-refractivity contribution in [2.24, 2.45) is 0 Å². The Kier molecular flexibility index (Phi) is 6.66. The number of nitrogens with zero attached hydrogens (tertiary/aromatic N) is 4. The predicted octanol–water partition coefficient (Wildman–Crippen LogP) is 4.81. The zero-order chi connectivity index (χ0) is 20.8. The molecule has 0 bridgehead atoms. The van der Waals surface area contributed by atoms with Crippen LogP contribution in [0.15, 0.2) is 76.1 Å². The molecule has 0 saturated carbocycles. The van der Waals surface area contributed by atoms with E-state index in [2.05, 4.69) is 23.2 Å². The summed E-state index contributed by atoms with van der Waals surface area (Å²) < 4.78 is 7.41. The molecule has 0 spiro atoms. The predicted molar refractivity (Wildman–Crippen MR) is 119 cm³/mol. The van der Waals surface area contributed by atoms with Crippen molar-refractivity contribution in [3.63, 3.8) is 0 Å². The first-order valence-electron chi connectivity index (χ1n) is 9.68. The van der Waals surface area contributed by atoms with Crippen molar-refractivity contribution >= 4 is 29.0 Å². The highest BCUT2D eigenvalue weighted by atomic mass is 32.2. The third-order valence-corrected chi connectivity index (χ3v) is 6.47. The molecule has 4 aromatic rings. The Hall–Kier alpha value is -2.84. The number of hydrogen-bond acceptors (Lipinski definition) is 6. The highest BCUT2D eigenvalue weighted by Gasteiger charge is 2.19. The normalized spacial score (nSPS) is 11.0. The van der Waals surface area contributed by atoms with Gasteiger partial charge in [-0.2, -0.15) is 0 Å². The molecule has 1 aromatic carbocycles. The number of hydrogen-bond donors (Lipinski definition) is 0. The van der Waals surface area contributed by atoms with Gasteiger partial charge in [0.15, 0.2) is 5.16 Å². The van der Waals surface area contributed by atoms with Crippen molar-refractivity contribution in [2.75, 3.05) is 5.75 Å². The van der Waals surface area contributed by atoms with Crippen LogP contribution in [0.3, 0.4) is 0 Å². The molecular weight excluding hydrogens is 416 g/mol. The van der Waals surface area contributed by atoms with Crippen LogP contribution in [0.2, 0.25) is 0 Å². The highest BCUT2D eigenvalue weighted by molar-refractivity contribution is 7.99. The average molecular weight is 439 g/mol. The summed E-state index contributed by atoms with van der Waals surface area (Å²) in [5.41, 5.74) is 2.26. The lowest BCUT2D eigenvalue weighted by atomic mass is 10.1. The van der Waals surface area contributed by atoms with E-state index in [0.717, 1.165) is 22.7 Å². The summed E-state index contributed by atoms with van der Waals surface area (Å²) in [7, 11) is 0. The van der Waals surface area contributed by atoms with E-state index in [9.17, 15) is 4.79 Å². The van der Waals surface area contributed by atoms with Gasteiger partial charge in [0.25, 0.3) is 0 Å². The SMILES string of the molecule is CCc1ccccc1-n1cnnc1SCC(=O)N(Cc1ccco1)Cc1cccs1. The number of benzene rings is 1. The number of aryl methyl sites for hydroxylation is 1. The molecule has 0 aliphatic carbocycles. The second-order valence-corrected chi connectivity index (χ2v) is 8.64. The molecule has 3 heterocycles. The standard InChI is InChI=1S/C22H22N4O2S2/c1-2-17-7-3-4-10-20(17)26-16-23-24-22(26)30-15-21(27)25(13-18-8-5-11-28-18)14-19-9-6-12-29-19/h3-12,16H,2,13-15H2,1H3. The second kappa shape index (κ2) is 9.77. The number of rotatable bonds is 9. The number of thioether (sulfide) groups is 1. The minimum atomic E-state index is 0.0307. The highest BCUT2D eigenvalue weighted by Crippen LogP contribution is 2.24. The minimum Gasteiger partial charge on any atom is -0.467 e. The van der Waals surface area contributed by atoms with Gasteiger partial charge in [-0.3, -0.25) is 9.36 Å². The van der Waals surface area contributed by atoms with Crippen molar-refractivity contribution in [1.82, 2.24) is 19.7 Å². The Labute approximate surface area is 183 Å². The van der Waals surface area contributed by atoms with E-state index in [1.165, 1.54) is 17.3 Å². The molecule has 154 valence electrons. The van der Waals surface area contributed by atoms with Crippen molar-refractivity contribution in [3.05, 3.63) is 82.7 Å². The molecule has 30 heavy (non-hydrogen) atoms. The minimum absolute atomic E-state index is 0.0307. The van der Waals surface area contributed by atoms with E-state index in [0.29, 0.717) is 18.2 Å². The quantitative estimate of drug-likeness (QED) is 0.351. The number of aromatic nitrogens is 3. The topological polar surface area (TPSA) is 64.2 Å². The maximum Gasteiger partial charge on any atom is 0.233 e. The Balaban J connectivity index is 1.48. The number of carbonyl (C=O) groups is 1. The van der Waals surface area contributed by atoms with E-state index < -0.39 is 0 Å². The van der Waals surface area contributed by atoms with Gasteiger partial charge < -0.3 is 9.32 Å². The number of thiophene rings is 1. The molecule has 0 fully saturated rings. The zero-order valence-electron chi connectivity index (χ0n) is 16.6. The molecule has 3 aromatic heterocycles. The van der Waals surface area contributed by atoms with Crippen LogP contribution in [0.4, 0.5) is 0 Å². The van der Waals surface area contributed by atoms with E-state index >= 15 is 0 Å². The number of furan rings is 1. The van der Waals surface area contributed by atoms with Crippen LogP contribution >= 0.6 is 23.1 Å². The van der Waals surface area contributed by atoms with Crippen molar-refractivity contribution in [1.29, 1.82) is 0 Å². The number of para-hydroxylation sites is 1. The summed E-state index contributed by atoms with van der Waals surface area (Å²) in [6, 6.07) is 15.9. The number of amides is 1.